The van der Waals surface area contributed by atoms with E-state index in [1.165, 1.54) is 6.07 Å². The number of aromatic nitrogens is 1. The molecule has 5 nitrogen and oxygen atoms in total. The summed E-state index contributed by atoms with van der Waals surface area (Å²) >= 11 is 3.21. The molecule has 2 aromatic rings. The highest BCUT2D eigenvalue weighted by atomic mass is 79.9. The van der Waals surface area contributed by atoms with Gasteiger partial charge in [-0.15, -0.1) is 0 Å². The van der Waals surface area contributed by atoms with Crippen molar-refractivity contribution in [2.75, 3.05) is 23.3 Å². The van der Waals surface area contributed by atoms with Crippen LogP contribution in [-0.2, 0) is 0 Å². The van der Waals surface area contributed by atoms with Crippen LogP contribution in [0, 0.1) is 5.82 Å². The predicted molar refractivity (Wildman–Crippen MR) is 95.7 cm³/mol. The first-order valence-electron chi connectivity index (χ1n) is 7.81. The topological polar surface area (TPSA) is 57.3 Å². The highest BCUT2D eigenvalue weighted by Gasteiger charge is 2.27. The Kier molecular flexibility index (Phi) is 5.42. The molecule has 2 N–H and O–H groups in total. The molecule has 126 valence electrons. The number of hydrogen-bond donors (Lipinski definition) is 2. The van der Waals surface area contributed by atoms with Crippen LogP contribution in [0.15, 0.2) is 47.2 Å². The maximum absolute atomic E-state index is 14.0. The first kappa shape index (κ1) is 16.9. The van der Waals surface area contributed by atoms with Crippen molar-refractivity contribution >= 4 is 33.3 Å². The molecule has 1 aromatic heterocycles. The molecular formula is C17H18BrFN4O. The van der Waals surface area contributed by atoms with Gasteiger partial charge in [-0.3, -0.25) is 9.88 Å². The van der Waals surface area contributed by atoms with Gasteiger partial charge in [-0.05, 0) is 56.3 Å². The zero-order valence-corrected chi connectivity index (χ0v) is 14.6. The van der Waals surface area contributed by atoms with Crippen molar-refractivity contribution in [3.8, 4) is 0 Å². The van der Waals surface area contributed by atoms with Gasteiger partial charge in [0.1, 0.15) is 5.82 Å². The molecule has 1 aromatic carbocycles. The monoisotopic (exact) mass is 392 g/mol. The van der Waals surface area contributed by atoms with Crippen LogP contribution in [0.1, 0.15) is 12.8 Å². The number of urea groups is 1. The minimum Gasteiger partial charge on any atom is -0.317 e. The molecule has 2 amide bonds. The lowest BCUT2D eigenvalue weighted by Gasteiger charge is -2.34. The number of rotatable bonds is 3. The third-order valence-corrected chi connectivity index (χ3v) is 4.48. The van der Waals surface area contributed by atoms with E-state index in [-0.39, 0.29) is 17.8 Å². The summed E-state index contributed by atoms with van der Waals surface area (Å²) in [6.07, 6.45) is 4.99. The summed E-state index contributed by atoms with van der Waals surface area (Å²) in [5, 5.41) is 5.96. The predicted octanol–water partition coefficient (Wildman–Crippen LogP) is 3.77. The second kappa shape index (κ2) is 7.72. The van der Waals surface area contributed by atoms with Gasteiger partial charge >= 0.3 is 6.03 Å². The second-order valence-electron chi connectivity index (χ2n) is 5.62. The van der Waals surface area contributed by atoms with Gasteiger partial charge in [-0.2, -0.15) is 0 Å². The molecular weight excluding hydrogens is 375 g/mol. The number of halogens is 2. The van der Waals surface area contributed by atoms with Gasteiger partial charge in [0.25, 0.3) is 0 Å². The normalized spacial score (nSPS) is 15.1. The average Bonchev–Trinajstić information content (AvgIpc) is 2.60. The van der Waals surface area contributed by atoms with Crippen molar-refractivity contribution in [3.05, 3.63) is 53.0 Å². The van der Waals surface area contributed by atoms with Crippen molar-refractivity contribution in [2.45, 2.75) is 18.9 Å². The Morgan fingerprint density at radius 3 is 2.79 bits per heavy atom. The third kappa shape index (κ3) is 3.91. The van der Waals surface area contributed by atoms with E-state index in [4.69, 9.17) is 0 Å². The molecule has 1 saturated heterocycles. The molecule has 0 saturated carbocycles. The number of carbonyl (C=O) groups is 1. The fourth-order valence-electron chi connectivity index (χ4n) is 2.82. The van der Waals surface area contributed by atoms with Crippen molar-refractivity contribution in [2.24, 2.45) is 0 Å². The van der Waals surface area contributed by atoms with Crippen LogP contribution in [-0.4, -0.2) is 30.1 Å². The number of piperidine rings is 1. The molecule has 0 aliphatic carbocycles. The van der Waals surface area contributed by atoms with E-state index in [0.717, 1.165) is 25.9 Å². The van der Waals surface area contributed by atoms with Gasteiger partial charge in [0.2, 0.25) is 0 Å². The highest BCUT2D eigenvalue weighted by molar-refractivity contribution is 9.10. The van der Waals surface area contributed by atoms with Gasteiger partial charge < -0.3 is 10.6 Å². The lowest BCUT2D eigenvalue weighted by molar-refractivity contribution is 0.252. The summed E-state index contributed by atoms with van der Waals surface area (Å²) < 4.78 is 14.7. The minimum absolute atomic E-state index is 0.0500. The molecule has 1 fully saturated rings. The van der Waals surface area contributed by atoms with E-state index in [9.17, 15) is 9.18 Å². The zero-order chi connectivity index (χ0) is 16.9. The number of nitrogens with zero attached hydrogens (tertiary/aromatic N) is 2. The van der Waals surface area contributed by atoms with Crippen molar-refractivity contribution in [1.29, 1.82) is 0 Å². The van der Waals surface area contributed by atoms with Crippen LogP contribution in [0.25, 0.3) is 0 Å². The van der Waals surface area contributed by atoms with Gasteiger partial charge in [0, 0.05) is 16.7 Å². The number of hydrogen-bond acceptors (Lipinski definition) is 3. The quantitative estimate of drug-likeness (QED) is 0.835. The Hall–Kier alpha value is -1.99. The number of anilines is 2. The Morgan fingerprint density at radius 2 is 2.12 bits per heavy atom. The summed E-state index contributed by atoms with van der Waals surface area (Å²) in [6, 6.07) is 7.89. The number of carbonyl (C=O) groups excluding carboxylic acids is 1. The van der Waals surface area contributed by atoms with E-state index < -0.39 is 5.82 Å². The molecule has 2 heterocycles. The summed E-state index contributed by atoms with van der Waals surface area (Å²) in [7, 11) is 0. The number of amides is 2. The number of benzene rings is 1. The lowest BCUT2D eigenvalue weighted by atomic mass is 10.0. The Bertz CT molecular complexity index is 707. The van der Waals surface area contributed by atoms with E-state index in [1.807, 2.05) is 6.07 Å². The van der Waals surface area contributed by atoms with Crippen LogP contribution in [0.4, 0.5) is 20.6 Å². The molecule has 0 radical (unpaired) electrons. The van der Waals surface area contributed by atoms with Gasteiger partial charge in [-0.1, -0.05) is 15.9 Å². The largest absolute Gasteiger partial charge is 0.326 e. The molecule has 1 aliphatic rings. The van der Waals surface area contributed by atoms with Crippen LogP contribution in [0.3, 0.4) is 0 Å². The molecule has 1 aliphatic heterocycles. The van der Waals surface area contributed by atoms with Crippen LogP contribution < -0.4 is 15.5 Å². The zero-order valence-electron chi connectivity index (χ0n) is 13.0. The smallest absolute Gasteiger partial charge is 0.317 e. The third-order valence-electron chi connectivity index (χ3n) is 3.99. The van der Waals surface area contributed by atoms with E-state index >= 15 is 0 Å². The maximum atomic E-state index is 14.0. The average molecular weight is 393 g/mol. The first-order valence-corrected chi connectivity index (χ1v) is 8.60. The van der Waals surface area contributed by atoms with Gasteiger partial charge in [0.05, 0.1) is 17.6 Å². The number of nitrogens with one attached hydrogen (secondary N) is 2. The van der Waals surface area contributed by atoms with Crippen molar-refractivity contribution in [1.82, 2.24) is 10.3 Å². The van der Waals surface area contributed by atoms with Crippen molar-refractivity contribution < 1.29 is 9.18 Å². The summed E-state index contributed by atoms with van der Waals surface area (Å²) in [5.41, 5.74) is 0.866. The molecule has 0 bridgehead atoms. The van der Waals surface area contributed by atoms with E-state index in [2.05, 4.69) is 31.5 Å². The standard InChI is InChI=1S/C17H18BrFN4O/c18-12-3-4-16(15(19)10-12)22-17(24)23(13-5-8-20-9-6-13)14-2-1-7-21-11-14/h1-4,7,10-11,13,20H,5-6,8-9H2,(H,22,24). The molecule has 0 atom stereocenters. The Labute approximate surface area is 148 Å². The molecule has 3 rings (SSSR count). The first-order chi connectivity index (χ1) is 11.6. The minimum atomic E-state index is -0.478. The van der Waals surface area contributed by atoms with Crippen LogP contribution in [0.2, 0.25) is 0 Å². The van der Waals surface area contributed by atoms with Gasteiger partial charge in [-0.25, -0.2) is 9.18 Å². The SMILES string of the molecule is O=C(Nc1ccc(Br)cc1F)N(c1cccnc1)C1CCNCC1. The fourth-order valence-corrected chi connectivity index (χ4v) is 3.15. The molecule has 0 unspecified atom stereocenters. The molecule has 24 heavy (non-hydrogen) atoms. The fraction of sp³-hybridized carbons (Fsp3) is 0.294. The number of pyridine rings is 1. The summed E-state index contributed by atoms with van der Waals surface area (Å²) in [6.45, 7) is 1.70. The molecule has 0 spiro atoms. The van der Waals surface area contributed by atoms with E-state index in [0.29, 0.717) is 10.2 Å². The lowest BCUT2D eigenvalue weighted by Crippen LogP contribution is -2.48. The summed E-state index contributed by atoms with van der Waals surface area (Å²) in [5.74, 6) is -0.478. The Morgan fingerprint density at radius 1 is 1.33 bits per heavy atom. The molecule has 7 heteroatoms. The Balaban J connectivity index is 1.85. The summed E-state index contributed by atoms with van der Waals surface area (Å²) in [4.78, 5) is 18.6. The second-order valence-corrected chi connectivity index (χ2v) is 6.53. The van der Waals surface area contributed by atoms with Crippen LogP contribution >= 0.6 is 15.9 Å². The van der Waals surface area contributed by atoms with Crippen molar-refractivity contribution in [3.63, 3.8) is 0 Å². The van der Waals surface area contributed by atoms with E-state index in [1.54, 1.807) is 35.5 Å². The van der Waals surface area contributed by atoms with Gasteiger partial charge in [0.15, 0.2) is 0 Å². The maximum Gasteiger partial charge on any atom is 0.326 e. The van der Waals surface area contributed by atoms with Crippen LogP contribution in [0.5, 0.6) is 0 Å². The highest BCUT2D eigenvalue weighted by Crippen LogP contribution is 2.24.